The van der Waals surface area contributed by atoms with Crippen LogP contribution in [0.2, 0.25) is 0 Å². The van der Waals surface area contributed by atoms with E-state index in [-0.39, 0.29) is 11.9 Å². The summed E-state index contributed by atoms with van der Waals surface area (Å²) in [5.41, 5.74) is 5.39. The van der Waals surface area contributed by atoms with Gasteiger partial charge in [0.05, 0.1) is 0 Å². The lowest BCUT2D eigenvalue weighted by Crippen LogP contribution is -2.31. The maximum atomic E-state index is 11.3. The van der Waals surface area contributed by atoms with Crippen LogP contribution in [0.1, 0.15) is 20.3 Å². The number of hydrogen-bond donors (Lipinski definition) is 3. The Balaban J connectivity index is 2.25. The van der Waals surface area contributed by atoms with Gasteiger partial charge in [-0.05, 0) is 26.0 Å². The molecule has 6 nitrogen and oxygen atoms in total. The van der Waals surface area contributed by atoms with Crippen molar-refractivity contribution in [3.8, 4) is 0 Å². The topological polar surface area (TPSA) is 92.9 Å². The minimum Gasteiger partial charge on any atom is -0.382 e. The molecule has 88 valence electrons. The molecule has 0 unspecified atom stereocenters. The summed E-state index contributed by atoms with van der Waals surface area (Å²) >= 11 is 0. The van der Waals surface area contributed by atoms with E-state index in [1.165, 1.54) is 0 Å². The first-order valence-electron chi connectivity index (χ1n) is 5.20. The van der Waals surface area contributed by atoms with Crippen LogP contribution >= 0.6 is 0 Å². The van der Waals surface area contributed by atoms with Crippen molar-refractivity contribution in [3.05, 3.63) is 12.1 Å². The molecule has 0 aliphatic carbocycles. The Morgan fingerprint density at radius 1 is 1.44 bits per heavy atom. The molecular weight excluding hydrogens is 206 g/mol. The summed E-state index contributed by atoms with van der Waals surface area (Å²) in [4.78, 5) is 11.3. The summed E-state index contributed by atoms with van der Waals surface area (Å²) in [6.07, 6.45) is 0.407. The highest BCUT2D eigenvalue weighted by molar-refractivity contribution is 5.76. The molecule has 0 aromatic carbocycles. The van der Waals surface area contributed by atoms with E-state index in [0.29, 0.717) is 24.6 Å². The Labute approximate surface area is 94.6 Å². The molecule has 0 spiro atoms. The number of nitrogens with two attached hydrogens (primary N) is 1. The molecule has 0 saturated heterocycles. The van der Waals surface area contributed by atoms with Gasteiger partial charge < -0.3 is 16.4 Å². The number of nitrogens with one attached hydrogen (secondary N) is 2. The van der Waals surface area contributed by atoms with Crippen LogP contribution in [-0.4, -0.2) is 28.7 Å². The molecule has 0 bridgehead atoms. The van der Waals surface area contributed by atoms with E-state index < -0.39 is 0 Å². The molecule has 6 heteroatoms. The summed E-state index contributed by atoms with van der Waals surface area (Å²) in [6.45, 7) is 4.38. The normalized spacial score (nSPS) is 10.2. The minimum atomic E-state index is 0.0194. The quantitative estimate of drug-likeness (QED) is 0.671. The van der Waals surface area contributed by atoms with Gasteiger partial charge in [0.25, 0.3) is 0 Å². The molecular formula is C10H17N5O. The average molecular weight is 223 g/mol. The number of hydrogen-bond acceptors (Lipinski definition) is 5. The highest BCUT2D eigenvalue weighted by atomic mass is 16.1. The molecule has 1 heterocycles. The van der Waals surface area contributed by atoms with E-state index in [1.54, 1.807) is 12.1 Å². The van der Waals surface area contributed by atoms with Crippen LogP contribution in [-0.2, 0) is 4.79 Å². The third kappa shape index (κ3) is 4.59. The smallest absolute Gasteiger partial charge is 0.221 e. The van der Waals surface area contributed by atoms with Crippen molar-refractivity contribution in [2.24, 2.45) is 0 Å². The van der Waals surface area contributed by atoms with E-state index in [9.17, 15) is 4.79 Å². The lowest BCUT2D eigenvalue weighted by molar-refractivity contribution is -0.121. The fourth-order valence-electron chi connectivity index (χ4n) is 1.14. The van der Waals surface area contributed by atoms with E-state index >= 15 is 0 Å². The van der Waals surface area contributed by atoms with Gasteiger partial charge in [-0.2, -0.15) is 0 Å². The zero-order valence-corrected chi connectivity index (χ0v) is 9.53. The van der Waals surface area contributed by atoms with Gasteiger partial charge in [-0.1, -0.05) is 0 Å². The number of carbonyl (C=O) groups is 1. The van der Waals surface area contributed by atoms with Gasteiger partial charge in [-0.25, -0.2) is 0 Å². The standard InChI is InChI=1S/C10H17N5O/c1-7(2)13-10(16)5-6-12-9-4-3-8(11)14-15-9/h3-4,7H,5-6H2,1-2H3,(H2,11,14)(H,12,15)(H,13,16). The van der Waals surface area contributed by atoms with E-state index in [2.05, 4.69) is 20.8 Å². The van der Waals surface area contributed by atoms with Crippen LogP contribution in [0.25, 0.3) is 0 Å². The number of carbonyl (C=O) groups excluding carboxylic acids is 1. The molecule has 1 aromatic rings. The second-order valence-electron chi connectivity index (χ2n) is 3.74. The molecule has 1 rings (SSSR count). The summed E-state index contributed by atoms with van der Waals surface area (Å²) in [5, 5.41) is 13.3. The Kier molecular flexibility index (Phi) is 4.50. The van der Waals surface area contributed by atoms with Crippen molar-refractivity contribution in [1.82, 2.24) is 15.5 Å². The molecule has 1 amide bonds. The number of nitrogens with zero attached hydrogens (tertiary/aromatic N) is 2. The van der Waals surface area contributed by atoms with Crippen LogP contribution in [0.5, 0.6) is 0 Å². The van der Waals surface area contributed by atoms with Crippen molar-refractivity contribution in [3.63, 3.8) is 0 Å². The molecule has 0 aliphatic heterocycles. The van der Waals surface area contributed by atoms with Gasteiger partial charge in [-0.3, -0.25) is 4.79 Å². The van der Waals surface area contributed by atoms with Crippen molar-refractivity contribution in [2.75, 3.05) is 17.6 Å². The SMILES string of the molecule is CC(C)NC(=O)CCNc1ccc(N)nn1. The van der Waals surface area contributed by atoms with Crippen LogP contribution < -0.4 is 16.4 Å². The Morgan fingerprint density at radius 2 is 2.19 bits per heavy atom. The molecule has 0 atom stereocenters. The minimum absolute atomic E-state index is 0.0194. The molecule has 16 heavy (non-hydrogen) atoms. The maximum absolute atomic E-state index is 11.3. The van der Waals surface area contributed by atoms with Crippen LogP contribution in [0.15, 0.2) is 12.1 Å². The van der Waals surface area contributed by atoms with Gasteiger partial charge in [0.2, 0.25) is 5.91 Å². The van der Waals surface area contributed by atoms with Gasteiger partial charge in [0.1, 0.15) is 11.6 Å². The van der Waals surface area contributed by atoms with Crippen molar-refractivity contribution in [2.45, 2.75) is 26.3 Å². The van der Waals surface area contributed by atoms with Gasteiger partial charge in [0.15, 0.2) is 0 Å². The predicted octanol–water partition coefficient (Wildman–Crippen LogP) is 0.385. The van der Waals surface area contributed by atoms with Gasteiger partial charge >= 0.3 is 0 Å². The molecule has 4 N–H and O–H groups in total. The Morgan fingerprint density at radius 3 is 2.75 bits per heavy atom. The third-order valence-corrected chi connectivity index (χ3v) is 1.79. The largest absolute Gasteiger partial charge is 0.382 e. The van der Waals surface area contributed by atoms with Gasteiger partial charge in [0, 0.05) is 19.0 Å². The summed E-state index contributed by atoms with van der Waals surface area (Å²) in [6, 6.07) is 3.55. The lowest BCUT2D eigenvalue weighted by atomic mass is 10.3. The first-order valence-corrected chi connectivity index (χ1v) is 5.20. The second-order valence-corrected chi connectivity index (χ2v) is 3.74. The fraction of sp³-hybridized carbons (Fsp3) is 0.500. The number of anilines is 2. The second kappa shape index (κ2) is 5.89. The first-order chi connectivity index (χ1) is 7.58. The summed E-state index contributed by atoms with van der Waals surface area (Å²) in [7, 11) is 0. The summed E-state index contributed by atoms with van der Waals surface area (Å²) < 4.78 is 0. The van der Waals surface area contributed by atoms with Crippen molar-refractivity contribution in [1.29, 1.82) is 0 Å². The average Bonchev–Trinajstić information content (AvgIpc) is 2.20. The highest BCUT2D eigenvalue weighted by Crippen LogP contribution is 2.02. The Hall–Kier alpha value is -1.85. The predicted molar refractivity (Wildman–Crippen MR) is 62.8 cm³/mol. The molecule has 0 radical (unpaired) electrons. The van der Waals surface area contributed by atoms with E-state index in [4.69, 9.17) is 5.73 Å². The first kappa shape index (κ1) is 12.2. The summed E-state index contributed by atoms with van der Waals surface area (Å²) in [5.74, 6) is 1.01. The van der Waals surface area contributed by atoms with Gasteiger partial charge in [-0.15, -0.1) is 10.2 Å². The number of amides is 1. The van der Waals surface area contributed by atoms with E-state index in [0.717, 1.165) is 0 Å². The lowest BCUT2D eigenvalue weighted by Gasteiger charge is -2.08. The number of aromatic nitrogens is 2. The number of nitrogen functional groups attached to an aromatic ring is 1. The fourth-order valence-corrected chi connectivity index (χ4v) is 1.14. The van der Waals surface area contributed by atoms with Crippen molar-refractivity contribution >= 4 is 17.5 Å². The zero-order valence-electron chi connectivity index (χ0n) is 9.53. The zero-order chi connectivity index (χ0) is 12.0. The third-order valence-electron chi connectivity index (χ3n) is 1.79. The van der Waals surface area contributed by atoms with Crippen LogP contribution in [0.4, 0.5) is 11.6 Å². The van der Waals surface area contributed by atoms with Crippen molar-refractivity contribution < 1.29 is 4.79 Å². The van der Waals surface area contributed by atoms with Crippen LogP contribution in [0.3, 0.4) is 0 Å². The monoisotopic (exact) mass is 223 g/mol. The molecule has 0 saturated carbocycles. The molecule has 0 aliphatic rings. The number of rotatable bonds is 5. The highest BCUT2D eigenvalue weighted by Gasteiger charge is 2.02. The van der Waals surface area contributed by atoms with Crippen LogP contribution in [0, 0.1) is 0 Å². The maximum Gasteiger partial charge on any atom is 0.221 e. The van der Waals surface area contributed by atoms with E-state index in [1.807, 2.05) is 13.8 Å². The Bertz CT molecular complexity index is 336. The molecule has 0 fully saturated rings. The molecule has 1 aromatic heterocycles.